The van der Waals surface area contributed by atoms with Crippen LogP contribution in [0.15, 0.2) is 30.3 Å². The third-order valence-corrected chi connectivity index (χ3v) is 6.39. The number of rotatable bonds is 3. The second-order valence-corrected chi connectivity index (χ2v) is 8.02. The van der Waals surface area contributed by atoms with Crippen molar-refractivity contribution < 1.29 is 14.4 Å². The molecule has 1 aromatic rings. The summed E-state index contributed by atoms with van der Waals surface area (Å²) < 4.78 is 0. The number of benzene rings is 1. The maximum atomic E-state index is 13.0. The first-order valence-corrected chi connectivity index (χ1v) is 9.94. The fourth-order valence-electron chi connectivity index (χ4n) is 4.95. The molecule has 1 aromatic carbocycles. The number of hydrogen-bond acceptors (Lipinski definition) is 3. The van der Waals surface area contributed by atoms with Gasteiger partial charge in [-0.2, -0.15) is 0 Å². The van der Waals surface area contributed by atoms with Crippen molar-refractivity contribution in [3.63, 3.8) is 0 Å². The lowest BCUT2D eigenvalue weighted by molar-refractivity contribution is -0.204. The molecule has 0 unspecified atom stereocenters. The highest BCUT2D eigenvalue weighted by Crippen LogP contribution is 2.50. The fraction of sp³-hybridized carbons (Fsp3) is 0.619. The van der Waals surface area contributed by atoms with Crippen LogP contribution < -0.4 is 0 Å². The molecule has 3 aliphatic rings. The fourth-order valence-corrected chi connectivity index (χ4v) is 4.95. The van der Waals surface area contributed by atoms with Gasteiger partial charge in [-0.1, -0.05) is 36.8 Å². The minimum absolute atomic E-state index is 0.00938. The molecule has 1 aliphatic carbocycles. The second-order valence-electron chi connectivity index (χ2n) is 8.02. The summed E-state index contributed by atoms with van der Waals surface area (Å²) in [4.78, 5) is 33.4. The molecule has 2 amide bonds. The van der Waals surface area contributed by atoms with Crippen molar-refractivity contribution in [1.82, 2.24) is 9.96 Å². The number of hydroxylamine groups is 2. The van der Waals surface area contributed by atoms with Gasteiger partial charge >= 0.3 is 0 Å². The standard InChI is InChI=1S/C21H28N2O3/c24-19(15-17-7-2-1-3-8-17)22-13-11-21(16-22)10-6-9-18(21)20(25)23-12-4-5-14-26-23/h1-3,7-8,18H,4-6,9-16H2/t18-,21+/m1/s1. The predicted octanol–water partition coefficient (Wildman–Crippen LogP) is 2.80. The van der Waals surface area contributed by atoms with Gasteiger partial charge in [0.15, 0.2) is 0 Å². The van der Waals surface area contributed by atoms with Crippen LogP contribution in [0.5, 0.6) is 0 Å². The Kier molecular flexibility index (Phi) is 4.98. The first-order valence-electron chi connectivity index (χ1n) is 9.94. The lowest BCUT2D eigenvalue weighted by Gasteiger charge is -2.35. The van der Waals surface area contributed by atoms with Crippen molar-refractivity contribution in [2.45, 2.75) is 44.9 Å². The van der Waals surface area contributed by atoms with E-state index in [0.29, 0.717) is 19.6 Å². The largest absolute Gasteiger partial charge is 0.342 e. The van der Waals surface area contributed by atoms with E-state index in [4.69, 9.17) is 4.84 Å². The topological polar surface area (TPSA) is 49.9 Å². The molecule has 5 heteroatoms. The van der Waals surface area contributed by atoms with Gasteiger partial charge in [-0.3, -0.25) is 14.4 Å². The molecular weight excluding hydrogens is 328 g/mol. The van der Waals surface area contributed by atoms with Gasteiger partial charge < -0.3 is 4.90 Å². The van der Waals surface area contributed by atoms with Crippen molar-refractivity contribution in [3.05, 3.63) is 35.9 Å². The predicted molar refractivity (Wildman–Crippen MR) is 98.0 cm³/mol. The summed E-state index contributed by atoms with van der Waals surface area (Å²) in [6.07, 6.45) is 6.49. The van der Waals surface area contributed by atoms with Crippen LogP contribution >= 0.6 is 0 Å². The van der Waals surface area contributed by atoms with Crippen molar-refractivity contribution >= 4 is 11.8 Å². The Bertz CT molecular complexity index is 656. The quantitative estimate of drug-likeness (QED) is 0.837. The van der Waals surface area contributed by atoms with Crippen molar-refractivity contribution in [1.29, 1.82) is 0 Å². The minimum Gasteiger partial charge on any atom is -0.342 e. The van der Waals surface area contributed by atoms with E-state index in [-0.39, 0.29) is 23.1 Å². The number of nitrogens with zero attached hydrogens (tertiary/aromatic N) is 2. The molecule has 2 atom stereocenters. The van der Waals surface area contributed by atoms with Gasteiger partial charge in [-0.05, 0) is 37.7 Å². The van der Waals surface area contributed by atoms with Crippen molar-refractivity contribution in [2.24, 2.45) is 11.3 Å². The SMILES string of the molecule is O=C(Cc1ccccc1)N1CC[C@@]2(CCC[C@@H]2C(=O)N2CCCCO2)C1. The zero-order valence-corrected chi connectivity index (χ0v) is 15.4. The van der Waals surface area contributed by atoms with E-state index in [1.165, 1.54) is 0 Å². The number of likely N-dealkylation sites (tertiary alicyclic amines) is 1. The first kappa shape index (κ1) is 17.5. The van der Waals surface area contributed by atoms with Crippen LogP contribution in [0.3, 0.4) is 0 Å². The van der Waals surface area contributed by atoms with E-state index < -0.39 is 0 Å². The highest BCUT2D eigenvalue weighted by Gasteiger charge is 2.52. The second kappa shape index (κ2) is 7.39. The van der Waals surface area contributed by atoms with Crippen LogP contribution in [0.4, 0.5) is 0 Å². The van der Waals surface area contributed by atoms with E-state index >= 15 is 0 Å². The summed E-state index contributed by atoms with van der Waals surface area (Å²) in [5.41, 5.74) is 1.02. The van der Waals surface area contributed by atoms with E-state index in [9.17, 15) is 9.59 Å². The Hall–Kier alpha value is -1.88. The summed E-state index contributed by atoms with van der Waals surface area (Å²) in [7, 11) is 0. The van der Waals surface area contributed by atoms with E-state index in [1.807, 2.05) is 35.2 Å². The number of carbonyl (C=O) groups is 2. The molecule has 0 radical (unpaired) electrons. The molecule has 0 N–H and O–H groups in total. The van der Waals surface area contributed by atoms with Gasteiger partial charge in [0.1, 0.15) is 0 Å². The van der Waals surface area contributed by atoms with Crippen LogP contribution in [-0.2, 0) is 20.8 Å². The third-order valence-electron chi connectivity index (χ3n) is 6.39. The Labute approximate surface area is 155 Å². The lowest BCUT2D eigenvalue weighted by Crippen LogP contribution is -2.45. The Morgan fingerprint density at radius 3 is 2.69 bits per heavy atom. The molecule has 2 aliphatic heterocycles. The lowest BCUT2D eigenvalue weighted by atomic mass is 9.76. The smallest absolute Gasteiger partial charge is 0.249 e. The summed E-state index contributed by atoms with van der Waals surface area (Å²) in [6, 6.07) is 9.91. The normalized spacial score (nSPS) is 28.7. The van der Waals surface area contributed by atoms with Crippen molar-refractivity contribution in [3.8, 4) is 0 Å². The monoisotopic (exact) mass is 356 g/mol. The van der Waals surface area contributed by atoms with E-state index in [0.717, 1.165) is 57.2 Å². The molecule has 0 bridgehead atoms. The molecule has 3 fully saturated rings. The average Bonchev–Trinajstić information content (AvgIpc) is 3.30. The molecular formula is C21H28N2O3. The van der Waals surface area contributed by atoms with Crippen LogP contribution in [0, 0.1) is 11.3 Å². The van der Waals surface area contributed by atoms with Gasteiger partial charge in [0.25, 0.3) is 0 Å². The molecule has 140 valence electrons. The van der Waals surface area contributed by atoms with Gasteiger partial charge in [0, 0.05) is 31.0 Å². The Morgan fingerprint density at radius 2 is 1.92 bits per heavy atom. The number of amides is 2. The summed E-state index contributed by atoms with van der Waals surface area (Å²) in [5.74, 6) is 0.343. The molecule has 4 rings (SSSR count). The van der Waals surface area contributed by atoms with E-state index in [1.54, 1.807) is 5.06 Å². The van der Waals surface area contributed by atoms with Gasteiger partial charge in [0.05, 0.1) is 13.0 Å². The minimum atomic E-state index is -0.0375. The summed E-state index contributed by atoms with van der Waals surface area (Å²) in [6.45, 7) is 2.86. The summed E-state index contributed by atoms with van der Waals surface area (Å²) >= 11 is 0. The van der Waals surface area contributed by atoms with Crippen LogP contribution in [0.2, 0.25) is 0 Å². The Morgan fingerprint density at radius 1 is 1.08 bits per heavy atom. The average molecular weight is 356 g/mol. The highest BCUT2D eigenvalue weighted by atomic mass is 16.7. The molecule has 26 heavy (non-hydrogen) atoms. The zero-order chi connectivity index (χ0) is 18.0. The molecule has 5 nitrogen and oxygen atoms in total. The van der Waals surface area contributed by atoms with Gasteiger partial charge in [-0.15, -0.1) is 0 Å². The van der Waals surface area contributed by atoms with Gasteiger partial charge in [0.2, 0.25) is 11.8 Å². The number of carbonyl (C=O) groups excluding carboxylic acids is 2. The molecule has 2 saturated heterocycles. The first-order chi connectivity index (χ1) is 12.7. The van der Waals surface area contributed by atoms with Gasteiger partial charge in [-0.25, -0.2) is 5.06 Å². The molecule has 0 aromatic heterocycles. The maximum Gasteiger partial charge on any atom is 0.249 e. The van der Waals surface area contributed by atoms with Crippen LogP contribution in [0.1, 0.15) is 44.1 Å². The third kappa shape index (κ3) is 3.37. The molecule has 1 saturated carbocycles. The molecule has 1 spiro atoms. The van der Waals surface area contributed by atoms with Crippen molar-refractivity contribution in [2.75, 3.05) is 26.2 Å². The zero-order valence-electron chi connectivity index (χ0n) is 15.4. The summed E-state index contributed by atoms with van der Waals surface area (Å²) in [5, 5.41) is 1.61. The number of hydrogen-bond donors (Lipinski definition) is 0. The Balaban J connectivity index is 1.42. The van der Waals surface area contributed by atoms with Crippen LogP contribution in [0.25, 0.3) is 0 Å². The van der Waals surface area contributed by atoms with E-state index in [2.05, 4.69) is 0 Å². The van der Waals surface area contributed by atoms with Crippen LogP contribution in [-0.4, -0.2) is 48.0 Å². The highest BCUT2D eigenvalue weighted by molar-refractivity contribution is 5.81. The maximum absolute atomic E-state index is 13.0. The molecule has 2 heterocycles.